The van der Waals surface area contributed by atoms with Crippen molar-refractivity contribution in [3.05, 3.63) is 52.5 Å². The second-order valence-electron chi connectivity index (χ2n) is 3.88. The van der Waals surface area contributed by atoms with Crippen LogP contribution in [-0.2, 0) is 0 Å². The largest absolute Gasteiger partial charge is 0.450 e. The van der Waals surface area contributed by atoms with Gasteiger partial charge in [0.25, 0.3) is 0 Å². The lowest BCUT2D eigenvalue weighted by Gasteiger charge is -2.08. The molecule has 1 aromatic carbocycles. The van der Waals surface area contributed by atoms with E-state index in [1.807, 2.05) is 6.92 Å². The van der Waals surface area contributed by atoms with Crippen molar-refractivity contribution in [2.24, 2.45) is 0 Å². The Hall–Kier alpha value is -2.70. The normalized spacial score (nSPS) is 10.1. The third-order valence-electron chi connectivity index (χ3n) is 2.44. The summed E-state index contributed by atoms with van der Waals surface area (Å²) in [6, 6.07) is 6.18. The van der Waals surface area contributed by atoms with Gasteiger partial charge in [0, 0.05) is 30.9 Å². The van der Waals surface area contributed by atoms with Crippen molar-refractivity contribution in [1.82, 2.24) is 4.98 Å². The van der Waals surface area contributed by atoms with Crippen molar-refractivity contribution in [1.29, 1.82) is 0 Å². The molecular weight excluding hydrogens is 265 g/mol. The maximum Gasteiger partial charge on any atom is 0.311 e. The van der Waals surface area contributed by atoms with Crippen LogP contribution in [0, 0.1) is 15.9 Å². The standard InChI is InChI=1S/C13H12FN3O3/c1-2-15-13-8-10(5-6-16-13)20-12-7-9(14)3-4-11(12)17(18)19/h3-8H,2H2,1H3,(H,15,16). The first-order valence-corrected chi connectivity index (χ1v) is 5.92. The maximum atomic E-state index is 13.2. The minimum atomic E-state index is -0.624. The fourth-order valence-electron chi connectivity index (χ4n) is 1.60. The van der Waals surface area contributed by atoms with Crippen LogP contribution in [0.15, 0.2) is 36.5 Å². The Kier molecular flexibility index (Phi) is 4.09. The molecule has 1 N–H and O–H groups in total. The summed E-state index contributed by atoms with van der Waals surface area (Å²) < 4.78 is 18.6. The first-order chi connectivity index (χ1) is 9.60. The lowest BCUT2D eigenvalue weighted by molar-refractivity contribution is -0.385. The average Bonchev–Trinajstić information content (AvgIpc) is 2.39. The zero-order valence-corrected chi connectivity index (χ0v) is 10.7. The van der Waals surface area contributed by atoms with Crippen molar-refractivity contribution < 1.29 is 14.1 Å². The molecule has 0 fully saturated rings. The van der Waals surface area contributed by atoms with Gasteiger partial charge in [0.05, 0.1) is 4.92 Å². The number of halogens is 1. The predicted molar refractivity (Wildman–Crippen MR) is 71.5 cm³/mol. The molecule has 20 heavy (non-hydrogen) atoms. The summed E-state index contributed by atoms with van der Waals surface area (Å²) in [4.78, 5) is 14.3. The van der Waals surface area contributed by atoms with E-state index >= 15 is 0 Å². The quantitative estimate of drug-likeness (QED) is 0.669. The molecule has 0 saturated carbocycles. The number of nitro groups is 1. The zero-order valence-electron chi connectivity index (χ0n) is 10.7. The van der Waals surface area contributed by atoms with Crippen LogP contribution in [0.4, 0.5) is 15.9 Å². The highest BCUT2D eigenvalue weighted by molar-refractivity contribution is 5.50. The third-order valence-corrected chi connectivity index (χ3v) is 2.44. The van der Waals surface area contributed by atoms with Gasteiger partial charge in [-0.2, -0.15) is 0 Å². The van der Waals surface area contributed by atoms with E-state index in [1.54, 1.807) is 6.07 Å². The number of benzene rings is 1. The Morgan fingerprint density at radius 2 is 2.20 bits per heavy atom. The molecule has 0 amide bonds. The van der Waals surface area contributed by atoms with Crippen LogP contribution >= 0.6 is 0 Å². The molecule has 6 nitrogen and oxygen atoms in total. The summed E-state index contributed by atoms with van der Waals surface area (Å²) >= 11 is 0. The van der Waals surface area contributed by atoms with Crippen LogP contribution in [0.5, 0.6) is 11.5 Å². The van der Waals surface area contributed by atoms with Gasteiger partial charge in [0.2, 0.25) is 5.75 Å². The van der Waals surface area contributed by atoms with Gasteiger partial charge < -0.3 is 10.1 Å². The summed E-state index contributed by atoms with van der Waals surface area (Å²) in [5.74, 6) is 0.156. The molecule has 7 heteroatoms. The fraction of sp³-hybridized carbons (Fsp3) is 0.154. The smallest absolute Gasteiger partial charge is 0.311 e. The summed E-state index contributed by atoms with van der Waals surface area (Å²) in [7, 11) is 0. The van der Waals surface area contributed by atoms with Gasteiger partial charge in [-0.1, -0.05) is 0 Å². The Morgan fingerprint density at radius 1 is 1.40 bits per heavy atom. The van der Waals surface area contributed by atoms with E-state index in [9.17, 15) is 14.5 Å². The first-order valence-electron chi connectivity index (χ1n) is 5.92. The fourth-order valence-corrected chi connectivity index (χ4v) is 1.60. The van der Waals surface area contributed by atoms with Gasteiger partial charge in [0.15, 0.2) is 0 Å². The van der Waals surface area contributed by atoms with E-state index in [0.717, 1.165) is 18.2 Å². The molecule has 104 valence electrons. The highest BCUT2D eigenvalue weighted by Gasteiger charge is 2.16. The van der Waals surface area contributed by atoms with Gasteiger partial charge in [-0.25, -0.2) is 9.37 Å². The SMILES string of the molecule is CCNc1cc(Oc2cc(F)ccc2[N+](=O)[O-])ccn1. The number of rotatable bonds is 5. The van der Waals surface area contributed by atoms with Gasteiger partial charge in [0.1, 0.15) is 17.4 Å². The topological polar surface area (TPSA) is 77.3 Å². The minimum absolute atomic E-state index is 0.149. The molecule has 0 spiro atoms. The summed E-state index contributed by atoms with van der Waals surface area (Å²) in [6.45, 7) is 2.59. The van der Waals surface area contributed by atoms with Crippen molar-refractivity contribution in [3.8, 4) is 11.5 Å². The van der Waals surface area contributed by atoms with Crippen LogP contribution < -0.4 is 10.1 Å². The zero-order chi connectivity index (χ0) is 14.5. The van der Waals surface area contributed by atoms with Crippen LogP contribution in [0.3, 0.4) is 0 Å². The predicted octanol–water partition coefficient (Wildman–Crippen LogP) is 3.35. The second kappa shape index (κ2) is 5.96. The monoisotopic (exact) mass is 277 g/mol. The van der Waals surface area contributed by atoms with Crippen LogP contribution in [0.25, 0.3) is 0 Å². The Balaban J connectivity index is 2.31. The number of nitro benzene ring substituents is 1. The highest BCUT2D eigenvalue weighted by atomic mass is 19.1. The van der Waals surface area contributed by atoms with Gasteiger partial charge in [-0.3, -0.25) is 10.1 Å². The Labute approximate surface area is 114 Å². The number of aromatic nitrogens is 1. The number of ether oxygens (including phenoxy) is 1. The Bertz CT molecular complexity index is 634. The molecule has 0 bridgehead atoms. The van der Waals surface area contributed by atoms with E-state index in [-0.39, 0.29) is 11.4 Å². The van der Waals surface area contributed by atoms with Crippen molar-refractivity contribution >= 4 is 11.5 Å². The summed E-state index contributed by atoms with van der Waals surface area (Å²) in [5, 5.41) is 13.9. The van der Waals surface area contributed by atoms with E-state index in [2.05, 4.69) is 10.3 Å². The van der Waals surface area contributed by atoms with Crippen LogP contribution in [0.1, 0.15) is 6.92 Å². The molecule has 0 unspecified atom stereocenters. The lowest BCUT2D eigenvalue weighted by atomic mass is 10.3. The molecule has 0 aliphatic carbocycles. The number of pyridine rings is 1. The molecule has 2 rings (SSSR count). The average molecular weight is 277 g/mol. The molecule has 2 aromatic rings. The van der Waals surface area contributed by atoms with Crippen molar-refractivity contribution in [2.75, 3.05) is 11.9 Å². The summed E-state index contributed by atoms with van der Waals surface area (Å²) in [6.07, 6.45) is 1.50. The van der Waals surface area contributed by atoms with Gasteiger partial charge >= 0.3 is 5.69 Å². The van der Waals surface area contributed by atoms with E-state index in [4.69, 9.17) is 4.74 Å². The Morgan fingerprint density at radius 3 is 2.90 bits per heavy atom. The van der Waals surface area contributed by atoms with E-state index < -0.39 is 10.7 Å². The van der Waals surface area contributed by atoms with Crippen molar-refractivity contribution in [3.63, 3.8) is 0 Å². The maximum absolute atomic E-state index is 13.2. The highest BCUT2D eigenvalue weighted by Crippen LogP contribution is 2.32. The molecule has 1 aromatic heterocycles. The molecule has 0 radical (unpaired) electrons. The van der Waals surface area contributed by atoms with Crippen molar-refractivity contribution in [2.45, 2.75) is 6.92 Å². The van der Waals surface area contributed by atoms with Gasteiger partial charge in [-0.15, -0.1) is 0 Å². The number of hydrogen-bond donors (Lipinski definition) is 1. The van der Waals surface area contributed by atoms with Crippen LogP contribution in [0.2, 0.25) is 0 Å². The molecular formula is C13H12FN3O3. The first kappa shape index (κ1) is 13.7. The molecule has 0 atom stereocenters. The molecule has 0 aliphatic rings. The third kappa shape index (κ3) is 3.19. The van der Waals surface area contributed by atoms with E-state index in [0.29, 0.717) is 18.1 Å². The van der Waals surface area contributed by atoms with E-state index in [1.165, 1.54) is 12.3 Å². The lowest BCUT2D eigenvalue weighted by Crippen LogP contribution is -1.99. The van der Waals surface area contributed by atoms with Crippen LogP contribution in [-0.4, -0.2) is 16.5 Å². The minimum Gasteiger partial charge on any atom is -0.450 e. The molecule has 1 heterocycles. The molecule has 0 aliphatic heterocycles. The number of hydrogen-bond acceptors (Lipinski definition) is 5. The summed E-state index contributed by atoms with van der Waals surface area (Å²) in [5.41, 5.74) is -0.298. The molecule has 0 saturated heterocycles. The van der Waals surface area contributed by atoms with Gasteiger partial charge in [-0.05, 0) is 19.1 Å². The number of nitrogens with one attached hydrogen (secondary N) is 1. The second-order valence-corrected chi connectivity index (χ2v) is 3.88. The number of anilines is 1. The number of nitrogens with zero attached hydrogens (tertiary/aromatic N) is 2.